The van der Waals surface area contributed by atoms with Gasteiger partial charge >= 0.3 is 0 Å². The Morgan fingerprint density at radius 2 is 1.90 bits per heavy atom. The number of hydrogen-bond acceptors (Lipinski definition) is 6. The molecule has 5 atom stereocenters. The molecule has 1 heterocycles. The molecule has 0 aromatic heterocycles. The van der Waals surface area contributed by atoms with Crippen LogP contribution in [0, 0.1) is 6.92 Å². The SMILES string of the molecule is Cc1ccccc1C=N[C@@H]1[C@@H](O)[C@H](O)[C@@H](CO)O[C@H]1O. The molecule has 1 aliphatic heterocycles. The number of rotatable bonds is 3. The summed E-state index contributed by atoms with van der Waals surface area (Å²) in [5, 5.41) is 38.5. The smallest absolute Gasteiger partial charge is 0.180 e. The van der Waals surface area contributed by atoms with Gasteiger partial charge in [0.25, 0.3) is 0 Å². The van der Waals surface area contributed by atoms with E-state index in [1.807, 2.05) is 31.2 Å². The Morgan fingerprint density at radius 1 is 1.20 bits per heavy atom. The van der Waals surface area contributed by atoms with Gasteiger partial charge < -0.3 is 25.2 Å². The summed E-state index contributed by atoms with van der Waals surface area (Å²) in [6.45, 7) is 1.44. The average Bonchev–Trinajstić information content (AvgIpc) is 2.44. The molecule has 0 bridgehead atoms. The van der Waals surface area contributed by atoms with Crippen LogP contribution in [0.3, 0.4) is 0 Å². The number of ether oxygens (including phenoxy) is 1. The van der Waals surface area contributed by atoms with Crippen molar-refractivity contribution in [2.45, 2.75) is 37.6 Å². The summed E-state index contributed by atoms with van der Waals surface area (Å²) in [6, 6.07) is 6.54. The molecule has 0 spiro atoms. The molecule has 1 fully saturated rings. The van der Waals surface area contributed by atoms with Crippen LogP contribution in [0.1, 0.15) is 11.1 Å². The third-order valence-corrected chi connectivity index (χ3v) is 3.44. The van der Waals surface area contributed by atoms with Gasteiger partial charge in [0.2, 0.25) is 0 Å². The van der Waals surface area contributed by atoms with Gasteiger partial charge in [-0.3, -0.25) is 4.99 Å². The fourth-order valence-corrected chi connectivity index (χ4v) is 2.14. The molecule has 1 aliphatic rings. The standard InChI is InChI=1S/C14H19NO5/c1-8-4-2-3-5-9(8)6-15-11-13(18)12(17)10(7-16)20-14(11)19/h2-6,10-14,16-19H,7H2,1H3/t10-,11-,12-,13-,14-/m1/s1. The van der Waals surface area contributed by atoms with Crippen LogP contribution in [-0.4, -0.2) is 63.9 Å². The van der Waals surface area contributed by atoms with E-state index in [9.17, 15) is 15.3 Å². The number of aryl methyl sites for hydroxylation is 1. The lowest BCUT2D eigenvalue weighted by Gasteiger charge is -2.38. The van der Waals surface area contributed by atoms with Crippen LogP contribution < -0.4 is 0 Å². The Morgan fingerprint density at radius 3 is 2.55 bits per heavy atom. The number of aliphatic imine (C=N–C) groups is 1. The van der Waals surface area contributed by atoms with Crippen LogP contribution in [0.25, 0.3) is 0 Å². The molecule has 2 rings (SSSR count). The maximum atomic E-state index is 9.94. The lowest BCUT2D eigenvalue weighted by Crippen LogP contribution is -2.57. The van der Waals surface area contributed by atoms with Gasteiger partial charge in [-0.05, 0) is 18.1 Å². The minimum atomic E-state index is -1.37. The fraction of sp³-hybridized carbons (Fsp3) is 0.500. The molecular weight excluding hydrogens is 262 g/mol. The molecule has 0 aliphatic carbocycles. The average molecular weight is 281 g/mol. The molecule has 0 unspecified atom stereocenters. The van der Waals surface area contributed by atoms with Crippen molar-refractivity contribution < 1.29 is 25.2 Å². The predicted octanol–water partition coefficient (Wildman–Crippen LogP) is -0.786. The highest BCUT2D eigenvalue weighted by Crippen LogP contribution is 2.22. The summed E-state index contributed by atoms with van der Waals surface area (Å²) < 4.78 is 5.03. The fourth-order valence-electron chi connectivity index (χ4n) is 2.14. The van der Waals surface area contributed by atoms with E-state index in [0.29, 0.717) is 0 Å². The molecule has 1 aromatic carbocycles. The lowest BCUT2D eigenvalue weighted by molar-refractivity contribution is -0.248. The Labute approximate surface area is 117 Å². The van der Waals surface area contributed by atoms with E-state index in [4.69, 9.17) is 9.84 Å². The monoisotopic (exact) mass is 281 g/mol. The van der Waals surface area contributed by atoms with Gasteiger partial charge in [0.05, 0.1) is 6.61 Å². The second-order valence-corrected chi connectivity index (χ2v) is 4.85. The summed E-state index contributed by atoms with van der Waals surface area (Å²) >= 11 is 0. The molecule has 0 saturated carbocycles. The molecule has 20 heavy (non-hydrogen) atoms. The van der Waals surface area contributed by atoms with Gasteiger partial charge in [0, 0.05) is 6.21 Å². The maximum Gasteiger partial charge on any atom is 0.180 e. The van der Waals surface area contributed by atoms with Crippen LogP contribution in [0.4, 0.5) is 0 Å². The molecule has 4 N–H and O–H groups in total. The Hall–Kier alpha value is -1.31. The number of aliphatic hydroxyl groups excluding tert-OH is 4. The van der Waals surface area contributed by atoms with E-state index in [2.05, 4.69) is 4.99 Å². The highest BCUT2D eigenvalue weighted by Gasteiger charge is 2.43. The van der Waals surface area contributed by atoms with Gasteiger partial charge in [0.15, 0.2) is 6.29 Å². The van der Waals surface area contributed by atoms with E-state index in [-0.39, 0.29) is 0 Å². The highest BCUT2D eigenvalue weighted by molar-refractivity contribution is 5.81. The summed E-state index contributed by atoms with van der Waals surface area (Å²) in [7, 11) is 0. The zero-order chi connectivity index (χ0) is 14.7. The van der Waals surface area contributed by atoms with Gasteiger partial charge in [-0.1, -0.05) is 24.3 Å². The number of aliphatic hydroxyl groups is 4. The molecule has 1 aromatic rings. The molecule has 6 nitrogen and oxygen atoms in total. The van der Waals surface area contributed by atoms with Crippen molar-refractivity contribution in [1.29, 1.82) is 0 Å². The van der Waals surface area contributed by atoms with Gasteiger partial charge in [-0.15, -0.1) is 0 Å². The van der Waals surface area contributed by atoms with E-state index in [1.165, 1.54) is 6.21 Å². The minimum absolute atomic E-state index is 0.483. The number of benzene rings is 1. The van der Waals surface area contributed by atoms with Crippen LogP contribution in [0.2, 0.25) is 0 Å². The van der Waals surface area contributed by atoms with Crippen molar-refractivity contribution in [2.75, 3.05) is 6.61 Å². The topological polar surface area (TPSA) is 103 Å². The Balaban J connectivity index is 2.14. The van der Waals surface area contributed by atoms with Crippen molar-refractivity contribution in [3.05, 3.63) is 35.4 Å². The molecule has 110 valence electrons. The second kappa shape index (κ2) is 6.43. The summed E-state index contributed by atoms with van der Waals surface area (Å²) in [6.07, 6.45) is -3.43. The van der Waals surface area contributed by atoms with Crippen molar-refractivity contribution in [3.63, 3.8) is 0 Å². The quantitative estimate of drug-likeness (QED) is 0.544. The number of hydrogen-bond donors (Lipinski definition) is 4. The van der Waals surface area contributed by atoms with Crippen molar-refractivity contribution >= 4 is 6.21 Å². The van der Waals surface area contributed by atoms with Gasteiger partial charge in [-0.25, -0.2) is 0 Å². The zero-order valence-electron chi connectivity index (χ0n) is 11.1. The highest BCUT2D eigenvalue weighted by atomic mass is 16.6. The van der Waals surface area contributed by atoms with E-state index >= 15 is 0 Å². The van der Waals surface area contributed by atoms with Crippen molar-refractivity contribution in [1.82, 2.24) is 0 Å². The second-order valence-electron chi connectivity index (χ2n) is 4.85. The summed E-state index contributed by atoms with van der Waals surface area (Å²) in [5.74, 6) is 0. The molecule has 6 heteroatoms. The van der Waals surface area contributed by atoms with Gasteiger partial charge in [0.1, 0.15) is 24.4 Å². The van der Waals surface area contributed by atoms with Crippen LogP contribution in [-0.2, 0) is 4.74 Å². The lowest BCUT2D eigenvalue weighted by atomic mass is 9.97. The zero-order valence-corrected chi connectivity index (χ0v) is 11.1. The van der Waals surface area contributed by atoms with E-state index < -0.39 is 37.3 Å². The first kappa shape index (κ1) is 15.1. The third kappa shape index (κ3) is 3.05. The summed E-state index contributed by atoms with van der Waals surface area (Å²) in [5.41, 5.74) is 1.86. The molecular formula is C14H19NO5. The molecule has 0 amide bonds. The normalized spacial score (nSPS) is 34.5. The first-order chi connectivity index (χ1) is 9.54. The van der Waals surface area contributed by atoms with E-state index in [0.717, 1.165) is 11.1 Å². The Bertz CT molecular complexity index is 478. The molecule has 0 radical (unpaired) electrons. The molecule has 1 saturated heterocycles. The first-order valence-electron chi connectivity index (χ1n) is 6.44. The maximum absolute atomic E-state index is 9.94. The van der Waals surface area contributed by atoms with Gasteiger partial charge in [-0.2, -0.15) is 0 Å². The van der Waals surface area contributed by atoms with Crippen molar-refractivity contribution in [2.24, 2.45) is 4.99 Å². The van der Waals surface area contributed by atoms with Crippen LogP contribution in [0.15, 0.2) is 29.3 Å². The van der Waals surface area contributed by atoms with Crippen LogP contribution in [0.5, 0.6) is 0 Å². The third-order valence-electron chi connectivity index (χ3n) is 3.44. The van der Waals surface area contributed by atoms with Crippen LogP contribution >= 0.6 is 0 Å². The first-order valence-corrected chi connectivity index (χ1v) is 6.44. The minimum Gasteiger partial charge on any atom is -0.394 e. The number of nitrogens with zero attached hydrogens (tertiary/aromatic N) is 1. The van der Waals surface area contributed by atoms with Crippen molar-refractivity contribution in [3.8, 4) is 0 Å². The largest absolute Gasteiger partial charge is 0.394 e. The summed E-state index contributed by atoms with van der Waals surface area (Å²) in [4.78, 5) is 4.10. The Kier molecular flexibility index (Phi) is 4.85. The predicted molar refractivity (Wildman–Crippen MR) is 72.5 cm³/mol. The van der Waals surface area contributed by atoms with E-state index in [1.54, 1.807) is 0 Å².